The molecule has 0 fully saturated rings. The lowest BCUT2D eigenvalue weighted by Crippen LogP contribution is -2.32. The molecule has 98 valence electrons. The number of hydrogen-bond donors (Lipinski definition) is 2. The van der Waals surface area contributed by atoms with Crippen LogP contribution < -0.4 is 5.46 Å². The standard InChI is InChI=1S/C16H19BO2/c1-10-6-5-7-11(2)16(10)14-8-13(4)15(17(18)19)9-12(14)3/h5-9,18-19H,1-4H3. The number of benzene rings is 2. The van der Waals surface area contributed by atoms with Crippen molar-refractivity contribution in [3.05, 3.63) is 52.6 Å². The molecule has 2 aromatic rings. The molecule has 0 aliphatic heterocycles. The summed E-state index contributed by atoms with van der Waals surface area (Å²) in [5, 5.41) is 18.7. The molecule has 2 rings (SSSR count). The summed E-state index contributed by atoms with van der Waals surface area (Å²) in [6, 6.07) is 10.2. The summed E-state index contributed by atoms with van der Waals surface area (Å²) in [4.78, 5) is 0. The Labute approximate surface area is 114 Å². The molecule has 2 aromatic carbocycles. The Morgan fingerprint density at radius 3 is 1.89 bits per heavy atom. The fourth-order valence-electron chi connectivity index (χ4n) is 2.63. The smallest absolute Gasteiger partial charge is 0.423 e. The maximum absolute atomic E-state index is 9.36. The quantitative estimate of drug-likeness (QED) is 0.807. The molecule has 0 aliphatic rings. The first-order valence-corrected chi connectivity index (χ1v) is 6.45. The first-order chi connectivity index (χ1) is 8.91. The van der Waals surface area contributed by atoms with Crippen molar-refractivity contribution >= 4 is 12.6 Å². The monoisotopic (exact) mass is 254 g/mol. The van der Waals surface area contributed by atoms with Crippen LogP contribution in [0.2, 0.25) is 0 Å². The first-order valence-electron chi connectivity index (χ1n) is 6.45. The van der Waals surface area contributed by atoms with Crippen LogP contribution in [-0.4, -0.2) is 17.2 Å². The zero-order valence-electron chi connectivity index (χ0n) is 11.9. The number of hydrogen-bond acceptors (Lipinski definition) is 2. The van der Waals surface area contributed by atoms with E-state index < -0.39 is 7.12 Å². The van der Waals surface area contributed by atoms with Gasteiger partial charge in [0, 0.05) is 0 Å². The van der Waals surface area contributed by atoms with Crippen LogP contribution >= 0.6 is 0 Å². The summed E-state index contributed by atoms with van der Waals surface area (Å²) in [5.41, 5.74) is 7.41. The van der Waals surface area contributed by atoms with E-state index in [4.69, 9.17) is 0 Å². The number of aryl methyl sites for hydroxylation is 4. The van der Waals surface area contributed by atoms with E-state index in [2.05, 4.69) is 32.0 Å². The maximum atomic E-state index is 9.36. The third-order valence-corrected chi connectivity index (χ3v) is 3.64. The van der Waals surface area contributed by atoms with E-state index in [0.29, 0.717) is 5.46 Å². The van der Waals surface area contributed by atoms with Crippen molar-refractivity contribution in [1.29, 1.82) is 0 Å². The normalized spacial score (nSPS) is 10.6. The van der Waals surface area contributed by atoms with Crippen LogP contribution in [0.15, 0.2) is 30.3 Å². The van der Waals surface area contributed by atoms with Crippen molar-refractivity contribution in [3.8, 4) is 11.1 Å². The average molecular weight is 254 g/mol. The molecule has 0 atom stereocenters. The zero-order chi connectivity index (χ0) is 14.2. The summed E-state index contributed by atoms with van der Waals surface area (Å²) < 4.78 is 0. The fourth-order valence-corrected chi connectivity index (χ4v) is 2.63. The van der Waals surface area contributed by atoms with Gasteiger partial charge in [-0.1, -0.05) is 35.9 Å². The van der Waals surface area contributed by atoms with Crippen LogP contribution in [-0.2, 0) is 0 Å². The second-order valence-electron chi connectivity index (χ2n) is 5.16. The third-order valence-electron chi connectivity index (χ3n) is 3.64. The molecule has 3 heteroatoms. The van der Waals surface area contributed by atoms with E-state index in [0.717, 1.165) is 16.7 Å². The predicted octanol–water partition coefficient (Wildman–Crippen LogP) is 2.27. The van der Waals surface area contributed by atoms with E-state index in [-0.39, 0.29) is 0 Å². The third kappa shape index (κ3) is 2.58. The highest BCUT2D eigenvalue weighted by atomic mass is 16.4. The predicted molar refractivity (Wildman–Crippen MR) is 80.7 cm³/mol. The molecule has 0 saturated carbocycles. The molecule has 0 bridgehead atoms. The van der Waals surface area contributed by atoms with Crippen LogP contribution in [0.4, 0.5) is 0 Å². The van der Waals surface area contributed by atoms with Gasteiger partial charge in [-0.15, -0.1) is 0 Å². The van der Waals surface area contributed by atoms with Crippen molar-refractivity contribution in [1.82, 2.24) is 0 Å². The van der Waals surface area contributed by atoms with Gasteiger partial charge in [-0.3, -0.25) is 0 Å². The Morgan fingerprint density at radius 1 is 0.789 bits per heavy atom. The minimum Gasteiger partial charge on any atom is -0.423 e. The largest absolute Gasteiger partial charge is 0.488 e. The van der Waals surface area contributed by atoms with Crippen molar-refractivity contribution < 1.29 is 10.0 Å². The second-order valence-corrected chi connectivity index (χ2v) is 5.16. The molecule has 0 amide bonds. The second kappa shape index (κ2) is 5.20. The lowest BCUT2D eigenvalue weighted by Gasteiger charge is -2.16. The van der Waals surface area contributed by atoms with Gasteiger partial charge >= 0.3 is 7.12 Å². The Hall–Kier alpha value is -1.58. The molecule has 0 heterocycles. The summed E-state index contributed by atoms with van der Waals surface area (Å²) in [5.74, 6) is 0. The van der Waals surface area contributed by atoms with Gasteiger partial charge in [0.2, 0.25) is 0 Å². The van der Waals surface area contributed by atoms with E-state index in [1.165, 1.54) is 16.7 Å². The van der Waals surface area contributed by atoms with Gasteiger partial charge in [-0.2, -0.15) is 0 Å². The highest BCUT2D eigenvalue weighted by Gasteiger charge is 2.17. The van der Waals surface area contributed by atoms with Gasteiger partial charge in [0.05, 0.1) is 0 Å². The Kier molecular flexibility index (Phi) is 3.79. The topological polar surface area (TPSA) is 40.5 Å². The van der Waals surface area contributed by atoms with E-state index in [1.54, 1.807) is 0 Å². The van der Waals surface area contributed by atoms with Gasteiger partial charge in [-0.05, 0) is 61.0 Å². The van der Waals surface area contributed by atoms with Crippen molar-refractivity contribution in [3.63, 3.8) is 0 Å². The first kappa shape index (κ1) is 13.8. The molecule has 0 spiro atoms. The molecular weight excluding hydrogens is 235 g/mol. The van der Waals surface area contributed by atoms with Crippen molar-refractivity contribution in [2.24, 2.45) is 0 Å². The Morgan fingerprint density at radius 2 is 1.37 bits per heavy atom. The van der Waals surface area contributed by atoms with Gasteiger partial charge in [-0.25, -0.2) is 0 Å². The minimum absolute atomic E-state index is 0.576. The molecule has 0 unspecified atom stereocenters. The Balaban J connectivity index is 2.68. The van der Waals surface area contributed by atoms with Crippen molar-refractivity contribution in [2.75, 3.05) is 0 Å². The van der Waals surface area contributed by atoms with Crippen LogP contribution in [0.1, 0.15) is 22.3 Å². The van der Waals surface area contributed by atoms with Gasteiger partial charge in [0.1, 0.15) is 0 Å². The Bertz CT molecular complexity index is 598. The van der Waals surface area contributed by atoms with Crippen LogP contribution in [0.25, 0.3) is 11.1 Å². The molecule has 0 aromatic heterocycles. The van der Waals surface area contributed by atoms with E-state index >= 15 is 0 Å². The minimum atomic E-state index is -1.41. The van der Waals surface area contributed by atoms with Crippen LogP contribution in [0.5, 0.6) is 0 Å². The van der Waals surface area contributed by atoms with E-state index in [9.17, 15) is 10.0 Å². The molecule has 19 heavy (non-hydrogen) atoms. The molecule has 0 aliphatic carbocycles. The van der Waals surface area contributed by atoms with Crippen LogP contribution in [0.3, 0.4) is 0 Å². The fraction of sp³-hybridized carbons (Fsp3) is 0.250. The highest BCUT2D eigenvalue weighted by molar-refractivity contribution is 6.59. The molecule has 0 saturated heterocycles. The maximum Gasteiger partial charge on any atom is 0.488 e. The molecule has 2 N–H and O–H groups in total. The summed E-state index contributed by atoms with van der Waals surface area (Å²) in [7, 11) is -1.41. The lowest BCUT2D eigenvalue weighted by molar-refractivity contribution is 0.425. The number of rotatable bonds is 2. The van der Waals surface area contributed by atoms with Gasteiger partial charge in [0.15, 0.2) is 0 Å². The van der Waals surface area contributed by atoms with Gasteiger partial charge in [0.25, 0.3) is 0 Å². The van der Waals surface area contributed by atoms with Crippen LogP contribution in [0, 0.1) is 27.7 Å². The lowest BCUT2D eigenvalue weighted by atomic mass is 9.75. The average Bonchev–Trinajstić information content (AvgIpc) is 2.32. The summed E-state index contributed by atoms with van der Waals surface area (Å²) >= 11 is 0. The van der Waals surface area contributed by atoms with Crippen molar-refractivity contribution in [2.45, 2.75) is 27.7 Å². The summed E-state index contributed by atoms with van der Waals surface area (Å²) in [6.45, 7) is 8.12. The highest BCUT2D eigenvalue weighted by Crippen LogP contribution is 2.30. The van der Waals surface area contributed by atoms with E-state index in [1.807, 2.05) is 26.0 Å². The molecule has 2 nitrogen and oxygen atoms in total. The molecular formula is C16H19BO2. The zero-order valence-corrected chi connectivity index (χ0v) is 11.9. The summed E-state index contributed by atoms with van der Waals surface area (Å²) in [6.07, 6.45) is 0. The van der Waals surface area contributed by atoms with Gasteiger partial charge < -0.3 is 10.0 Å². The molecule has 0 radical (unpaired) electrons. The SMILES string of the molecule is Cc1cc(-c2c(C)cccc2C)c(C)cc1B(O)O.